The van der Waals surface area contributed by atoms with E-state index < -0.39 is 0 Å². The number of nitrogen functional groups attached to an aromatic ring is 1. The average molecular weight is 358 g/mol. The fourth-order valence-electron chi connectivity index (χ4n) is 2.12. The van der Waals surface area contributed by atoms with Gasteiger partial charge in [-0.2, -0.15) is 4.99 Å². The van der Waals surface area contributed by atoms with E-state index in [0.29, 0.717) is 31.5 Å². The number of nitrogens with one attached hydrogen (secondary N) is 1. The molecule has 1 aliphatic heterocycles. The number of carbonyl (C=O) groups is 2. The predicted octanol–water partition coefficient (Wildman–Crippen LogP) is 3.13. The number of thiazole rings is 1. The third-order valence-corrected chi connectivity index (χ3v) is 5.22. The first kappa shape index (κ1) is 16.4. The first-order chi connectivity index (χ1) is 11.4. The molecule has 2 heterocycles. The number of ketones is 1. The Kier molecular flexibility index (Phi) is 4.50. The van der Waals surface area contributed by atoms with Crippen molar-refractivity contribution in [1.29, 1.82) is 0 Å². The molecule has 0 saturated carbocycles. The van der Waals surface area contributed by atoms with Crippen molar-refractivity contribution in [2.45, 2.75) is 13.8 Å². The average Bonchev–Trinajstić information content (AvgIpc) is 3.02. The summed E-state index contributed by atoms with van der Waals surface area (Å²) in [5.74, 6) is -0.261. The molecule has 6 nitrogen and oxygen atoms in total. The van der Waals surface area contributed by atoms with Crippen LogP contribution in [0.3, 0.4) is 0 Å². The Morgan fingerprint density at radius 3 is 2.88 bits per heavy atom. The van der Waals surface area contributed by atoms with Crippen molar-refractivity contribution in [2.75, 3.05) is 5.73 Å². The van der Waals surface area contributed by atoms with Gasteiger partial charge < -0.3 is 11.1 Å². The molecule has 3 rings (SSSR count). The van der Waals surface area contributed by atoms with Crippen LogP contribution in [0.15, 0.2) is 34.2 Å². The topological polar surface area (TPSA) is 97.4 Å². The standard InChI is InChI=1S/C16H14N4O2S2/c1-8-13(9(2)21)24-15(18-8)20-16-19-14(22)12(23-16)7-10-4-3-5-11(17)6-10/h3-7H,17H2,1-2H3,(H,18,19,20,22)/b12-7-. The van der Waals surface area contributed by atoms with Crippen molar-refractivity contribution < 1.29 is 9.59 Å². The van der Waals surface area contributed by atoms with Crippen LogP contribution in [0.1, 0.15) is 27.9 Å². The second-order valence-electron chi connectivity index (χ2n) is 5.12. The Hall–Kier alpha value is -2.45. The first-order valence-electron chi connectivity index (χ1n) is 7.06. The van der Waals surface area contributed by atoms with Gasteiger partial charge in [-0.15, -0.1) is 0 Å². The van der Waals surface area contributed by atoms with Crippen LogP contribution in [0.5, 0.6) is 0 Å². The van der Waals surface area contributed by atoms with E-state index in [4.69, 9.17) is 5.73 Å². The van der Waals surface area contributed by atoms with Crippen LogP contribution in [0.2, 0.25) is 0 Å². The maximum atomic E-state index is 12.1. The number of nitrogens with zero attached hydrogens (tertiary/aromatic N) is 2. The Balaban J connectivity index is 1.84. The summed E-state index contributed by atoms with van der Waals surface area (Å²) < 4.78 is 0. The van der Waals surface area contributed by atoms with Crippen molar-refractivity contribution in [3.05, 3.63) is 45.3 Å². The zero-order valence-electron chi connectivity index (χ0n) is 13.0. The van der Waals surface area contributed by atoms with Crippen molar-refractivity contribution in [2.24, 2.45) is 4.99 Å². The summed E-state index contributed by atoms with van der Waals surface area (Å²) in [6, 6.07) is 7.28. The number of anilines is 1. The normalized spacial score (nSPS) is 17.5. The SMILES string of the molecule is CC(=O)c1sc(N=C2NC(=O)/C(=C/c3cccc(N)c3)S2)nc1C. The number of aliphatic imine (C=N–C) groups is 1. The molecule has 8 heteroatoms. The van der Waals surface area contributed by atoms with Gasteiger partial charge in [0, 0.05) is 12.6 Å². The summed E-state index contributed by atoms with van der Waals surface area (Å²) in [6.07, 6.45) is 1.76. The van der Waals surface area contributed by atoms with Gasteiger partial charge >= 0.3 is 0 Å². The summed E-state index contributed by atoms with van der Waals surface area (Å²) in [5.41, 5.74) is 7.87. The Morgan fingerprint density at radius 2 is 2.21 bits per heavy atom. The molecule has 24 heavy (non-hydrogen) atoms. The van der Waals surface area contributed by atoms with Gasteiger partial charge in [0.05, 0.1) is 15.5 Å². The number of hydrogen-bond acceptors (Lipinski definition) is 7. The number of amides is 1. The summed E-state index contributed by atoms with van der Waals surface area (Å²) >= 11 is 2.44. The molecule has 1 amide bonds. The minimum Gasteiger partial charge on any atom is -0.399 e. The molecule has 1 aromatic heterocycles. The summed E-state index contributed by atoms with van der Waals surface area (Å²) in [7, 11) is 0. The zero-order valence-corrected chi connectivity index (χ0v) is 14.6. The van der Waals surface area contributed by atoms with Crippen LogP contribution < -0.4 is 11.1 Å². The monoisotopic (exact) mass is 358 g/mol. The lowest BCUT2D eigenvalue weighted by molar-refractivity contribution is -0.115. The largest absolute Gasteiger partial charge is 0.399 e. The minimum atomic E-state index is -0.221. The predicted molar refractivity (Wildman–Crippen MR) is 98.5 cm³/mol. The third kappa shape index (κ3) is 3.55. The molecular formula is C16H14N4O2S2. The summed E-state index contributed by atoms with van der Waals surface area (Å²) in [6.45, 7) is 3.26. The van der Waals surface area contributed by atoms with E-state index in [0.717, 1.165) is 5.56 Å². The van der Waals surface area contributed by atoms with Gasteiger partial charge in [0.15, 0.2) is 11.0 Å². The molecule has 0 unspecified atom stereocenters. The number of hydrogen-bond donors (Lipinski definition) is 2. The number of carbonyl (C=O) groups excluding carboxylic acids is 2. The highest BCUT2D eigenvalue weighted by atomic mass is 32.2. The van der Waals surface area contributed by atoms with Gasteiger partial charge in [-0.05, 0) is 42.5 Å². The van der Waals surface area contributed by atoms with Crippen molar-refractivity contribution in [3.63, 3.8) is 0 Å². The smallest absolute Gasteiger partial charge is 0.264 e. The molecule has 2 aromatic rings. The number of thioether (sulfide) groups is 1. The van der Waals surface area contributed by atoms with Crippen molar-refractivity contribution >= 4 is 56.9 Å². The summed E-state index contributed by atoms with van der Waals surface area (Å²) in [4.78, 5) is 33.2. The van der Waals surface area contributed by atoms with E-state index in [9.17, 15) is 9.59 Å². The number of aryl methyl sites for hydroxylation is 1. The van der Waals surface area contributed by atoms with Crippen LogP contribution in [-0.2, 0) is 4.79 Å². The molecule has 1 saturated heterocycles. The number of nitrogens with two attached hydrogens (primary N) is 1. The molecule has 0 radical (unpaired) electrons. The highest BCUT2D eigenvalue weighted by Gasteiger charge is 2.24. The molecule has 1 aliphatic rings. The summed E-state index contributed by atoms with van der Waals surface area (Å²) in [5, 5.41) is 3.59. The number of benzene rings is 1. The van der Waals surface area contributed by atoms with Gasteiger partial charge in [0.25, 0.3) is 5.91 Å². The molecule has 0 bridgehead atoms. The lowest BCUT2D eigenvalue weighted by Gasteiger charge is -1.96. The van der Waals surface area contributed by atoms with Crippen molar-refractivity contribution in [3.8, 4) is 0 Å². The first-order valence-corrected chi connectivity index (χ1v) is 8.69. The zero-order chi connectivity index (χ0) is 17.3. The molecule has 1 fully saturated rings. The quantitative estimate of drug-likeness (QED) is 0.499. The number of Topliss-reactive ketones (excluding diaryl/α,β-unsaturated/α-hetero) is 1. The second kappa shape index (κ2) is 6.58. The van der Waals surface area contributed by atoms with E-state index in [1.165, 1.54) is 30.0 Å². The van der Waals surface area contributed by atoms with Gasteiger partial charge in [-0.1, -0.05) is 23.5 Å². The lowest BCUT2D eigenvalue weighted by Crippen LogP contribution is -2.19. The molecule has 0 aliphatic carbocycles. The maximum absolute atomic E-state index is 12.1. The Morgan fingerprint density at radius 1 is 1.42 bits per heavy atom. The van der Waals surface area contributed by atoms with Crippen LogP contribution in [-0.4, -0.2) is 21.8 Å². The molecule has 3 N–H and O–H groups in total. The van der Waals surface area contributed by atoms with E-state index in [-0.39, 0.29) is 11.7 Å². The van der Waals surface area contributed by atoms with Crippen LogP contribution in [0.4, 0.5) is 10.8 Å². The highest BCUT2D eigenvalue weighted by Crippen LogP contribution is 2.31. The second-order valence-corrected chi connectivity index (χ2v) is 7.13. The van der Waals surface area contributed by atoms with Gasteiger partial charge in [0.2, 0.25) is 5.13 Å². The van der Waals surface area contributed by atoms with Crippen LogP contribution in [0, 0.1) is 6.92 Å². The van der Waals surface area contributed by atoms with Crippen LogP contribution in [0.25, 0.3) is 6.08 Å². The Labute approximate surface area is 146 Å². The third-order valence-electron chi connectivity index (χ3n) is 3.16. The number of aromatic nitrogens is 1. The number of rotatable bonds is 3. The molecule has 122 valence electrons. The van der Waals surface area contributed by atoms with Crippen LogP contribution >= 0.6 is 23.1 Å². The number of amidine groups is 1. The fourth-order valence-corrected chi connectivity index (χ4v) is 3.84. The van der Waals surface area contributed by atoms with Gasteiger partial charge in [-0.3, -0.25) is 9.59 Å². The lowest BCUT2D eigenvalue weighted by atomic mass is 10.2. The Bertz CT molecular complexity index is 899. The molecular weight excluding hydrogens is 344 g/mol. The molecule has 0 spiro atoms. The van der Waals surface area contributed by atoms with E-state index in [1.54, 1.807) is 25.1 Å². The highest BCUT2D eigenvalue weighted by molar-refractivity contribution is 8.18. The van der Waals surface area contributed by atoms with Gasteiger partial charge in [0.1, 0.15) is 0 Å². The van der Waals surface area contributed by atoms with E-state index >= 15 is 0 Å². The van der Waals surface area contributed by atoms with E-state index in [1.807, 2.05) is 12.1 Å². The fraction of sp³-hybridized carbons (Fsp3) is 0.125. The minimum absolute atomic E-state index is 0.0400. The maximum Gasteiger partial charge on any atom is 0.264 e. The van der Waals surface area contributed by atoms with Crippen molar-refractivity contribution in [1.82, 2.24) is 10.3 Å². The molecule has 1 aromatic carbocycles. The van der Waals surface area contributed by atoms with E-state index in [2.05, 4.69) is 15.3 Å². The van der Waals surface area contributed by atoms with Gasteiger partial charge in [-0.25, -0.2) is 4.98 Å². The molecule has 0 atom stereocenters.